The van der Waals surface area contributed by atoms with E-state index in [1.165, 1.54) is 12.1 Å². The molecule has 0 radical (unpaired) electrons. The summed E-state index contributed by atoms with van der Waals surface area (Å²) in [5.74, 6) is 0.629. The van der Waals surface area contributed by atoms with Crippen LogP contribution in [-0.4, -0.2) is 35.8 Å². The maximum absolute atomic E-state index is 13.6. The number of amides is 1. The number of rotatable bonds is 5. The van der Waals surface area contributed by atoms with E-state index in [4.69, 9.17) is 9.47 Å². The average molecular weight is 493 g/mol. The Kier molecular flexibility index (Phi) is 7.08. The molecule has 7 atom stereocenters. The summed E-state index contributed by atoms with van der Waals surface area (Å²) in [7, 11) is 0. The van der Waals surface area contributed by atoms with Crippen molar-refractivity contribution >= 4 is 18.1 Å². The van der Waals surface area contributed by atoms with Crippen LogP contribution in [0.4, 0.5) is 9.18 Å². The lowest BCUT2D eigenvalue weighted by Gasteiger charge is -2.47. The van der Waals surface area contributed by atoms with Crippen LogP contribution in [0.5, 0.6) is 0 Å². The first-order chi connectivity index (χ1) is 17.4. The smallest absolute Gasteiger partial charge is 0.407 e. The molecule has 5 rings (SSSR count). The van der Waals surface area contributed by atoms with Crippen LogP contribution in [0.15, 0.2) is 48.7 Å². The number of nitrogens with zero attached hydrogens (tertiary/aromatic N) is 1. The van der Waals surface area contributed by atoms with Gasteiger partial charge < -0.3 is 14.8 Å². The number of pyridine rings is 1. The van der Waals surface area contributed by atoms with E-state index >= 15 is 0 Å². The summed E-state index contributed by atoms with van der Waals surface area (Å²) in [6.45, 7) is 4.15. The quantitative estimate of drug-likeness (QED) is 0.548. The van der Waals surface area contributed by atoms with Crippen LogP contribution >= 0.6 is 0 Å². The Morgan fingerprint density at radius 1 is 1.22 bits per heavy atom. The van der Waals surface area contributed by atoms with Gasteiger partial charge in [0.1, 0.15) is 11.9 Å². The predicted molar refractivity (Wildman–Crippen MR) is 134 cm³/mol. The van der Waals surface area contributed by atoms with Crippen LogP contribution in [0.25, 0.3) is 17.2 Å². The van der Waals surface area contributed by atoms with Gasteiger partial charge in [0.25, 0.3) is 0 Å². The first-order valence-corrected chi connectivity index (χ1v) is 13.0. The van der Waals surface area contributed by atoms with Gasteiger partial charge in [-0.15, -0.1) is 0 Å². The fourth-order valence-corrected chi connectivity index (χ4v) is 6.64. The SMILES string of the molecule is CCOC(=O)N[C@H]1CC[C@H]2[C@H](C1)C[C@@H]1C(=O)O[C@H](C)[C@H]1[C@H]2/C=C/c1ccc(-c2cccc(F)c2)cn1. The van der Waals surface area contributed by atoms with Gasteiger partial charge in [0.05, 0.1) is 18.2 Å². The summed E-state index contributed by atoms with van der Waals surface area (Å²) in [6, 6.07) is 10.4. The van der Waals surface area contributed by atoms with E-state index in [2.05, 4.69) is 16.4 Å². The molecule has 0 unspecified atom stereocenters. The second kappa shape index (κ2) is 10.4. The van der Waals surface area contributed by atoms with E-state index in [-0.39, 0.29) is 47.8 Å². The third-order valence-corrected chi connectivity index (χ3v) is 8.18. The summed E-state index contributed by atoms with van der Waals surface area (Å²) in [5, 5.41) is 3.00. The highest BCUT2D eigenvalue weighted by molar-refractivity contribution is 5.75. The second-order valence-corrected chi connectivity index (χ2v) is 10.3. The molecule has 2 aromatic rings. The zero-order chi connectivity index (χ0) is 25.2. The Bertz CT molecular complexity index is 1130. The van der Waals surface area contributed by atoms with E-state index < -0.39 is 0 Å². The summed E-state index contributed by atoms with van der Waals surface area (Å²) in [6.07, 6.45) is 9.07. The highest BCUT2D eigenvalue weighted by Crippen LogP contribution is 2.53. The summed E-state index contributed by atoms with van der Waals surface area (Å²) >= 11 is 0. The average Bonchev–Trinajstić information content (AvgIpc) is 3.15. The van der Waals surface area contributed by atoms with E-state index in [1.807, 2.05) is 31.2 Å². The van der Waals surface area contributed by atoms with Gasteiger partial charge in [-0.3, -0.25) is 9.78 Å². The number of esters is 1. The normalized spacial score (nSPS) is 31.4. The molecule has 2 saturated carbocycles. The molecule has 1 amide bonds. The third kappa shape index (κ3) is 5.01. The highest BCUT2D eigenvalue weighted by Gasteiger charge is 2.54. The Morgan fingerprint density at radius 3 is 2.83 bits per heavy atom. The fraction of sp³-hybridized carbons (Fsp3) is 0.483. The van der Waals surface area contributed by atoms with Crippen molar-refractivity contribution in [3.63, 3.8) is 0 Å². The Balaban J connectivity index is 1.34. The number of benzene rings is 1. The lowest BCUT2D eigenvalue weighted by molar-refractivity contribution is -0.144. The number of cyclic esters (lactones) is 1. The minimum atomic E-state index is -0.368. The molecule has 2 aliphatic carbocycles. The molecular formula is C29H33FN2O4. The summed E-state index contributed by atoms with van der Waals surface area (Å²) in [5.41, 5.74) is 2.48. The van der Waals surface area contributed by atoms with E-state index in [1.54, 1.807) is 19.2 Å². The number of ether oxygens (including phenoxy) is 2. The van der Waals surface area contributed by atoms with Gasteiger partial charge in [-0.1, -0.05) is 24.3 Å². The molecular weight excluding hydrogens is 459 g/mol. The first-order valence-electron chi connectivity index (χ1n) is 13.0. The van der Waals surface area contributed by atoms with Crippen LogP contribution in [0, 0.1) is 35.4 Å². The van der Waals surface area contributed by atoms with E-state index in [0.29, 0.717) is 18.4 Å². The molecule has 1 aliphatic heterocycles. The fourth-order valence-electron chi connectivity index (χ4n) is 6.64. The number of nitrogens with one attached hydrogen (secondary N) is 1. The molecule has 1 saturated heterocycles. The van der Waals surface area contributed by atoms with Gasteiger partial charge in [0, 0.05) is 23.7 Å². The van der Waals surface area contributed by atoms with Crippen molar-refractivity contribution < 1.29 is 23.5 Å². The largest absolute Gasteiger partial charge is 0.462 e. The zero-order valence-corrected chi connectivity index (χ0v) is 20.7. The molecule has 7 heteroatoms. The second-order valence-electron chi connectivity index (χ2n) is 10.3. The third-order valence-electron chi connectivity index (χ3n) is 8.18. The molecule has 190 valence electrons. The van der Waals surface area contributed by atoms with Crippen molar-refractivity contribution in [3.8, 4) is 11.1 Å². The zero-order valence-electron chi connectivity index (χ0n) is 20.7. The number of hydrogen-bond acceptors (Lipinski definition) is 5. The van der Waals surface area contributed by atoms with Crippen molar-refractivity contribution in [2.45, 2.75) is 51.7 Å². The first kappa shape index (κ1) is 24.5. The monoisotopic (exact) mass is 492 g/mol. The number of aromatic nitrogens is 1. The number of fused-ring (bicyclic) bond motifs is 2. The van der Waals surface area contributed by atoms with Gasteiger partial charge in [0.2, 0.25) is 0 Å². The molecule has 1 N–H and O–H groups in total. The van der Waals surface area contributed by atoms with E-state index in [9.17, 15) is 14.0 Å². The van der Waals surface area contributed by atoms with Gasteiger partial charge in [-0.25, -0.2) is 9.18 Å². The maximum atomic E-state index is 13.6. The standard InChI is InChI=1S/C29H33FN2O4/c1-3-35-29(34)32-23-10-11-24-20(14-23)15-26-27(17(2)36-28(26)33)25(24)12-9-22-8-7-19(16-31-22)18-5-4-6-21(30)13-18/h4-9,12-13,16-17,20,23-27H,3,10-11,14-15H2,1-2H3,(H,32,34)/b12-9+/t17-,20-,23+,24+,25+,26+,27+/m1/s1. The molecule has 36 heavy (non-hydrogen) atoms. The van der Waals surface area contributed by atoms with Gasteiger partial charge in [0.15, 0.2) is 0 Å². The summed E-state index contributed by atoms with van der Waals surface area (Å²) < 4.78 is 24.3. The number of carbonyl (C=O) groups excluding carboxylic acids is 2. The number of carbonyl (C=O) groups is 2. The lowest BCUT2D eigenvalue weighted by Crippen LogP contribution is -2.48. The molecule has 1 aromatic heterocycles. The van der Waals surface area contributed by atoms with Crippen LogP contribution in [0.1, 0.15) is 45.2 Å². The molecule has 0 bridgehead atoms. The minimum absolute atomic E-state index is 0.0679. The number of hydrogen-bond donors (Lipinski definition) is 1. The predicted octanol–water partition coefficient (Wildman–Crippen LogP) is 5.63. The molecule has 3 aliphatic rings. The van der Waals surface area contributed by atoms with Crippen molar-refractivity contribution in [1.29, 1.82) is 0 Å². The Labute approximate surface area is 211 Å². The van der Waals surface area contributed by atoms with Crippen molar-refractivity contribution in [3.05, 3.63) is 60.2 Å². The Morgan fingerprint density at radius 2 is 2.08 bits per heavy atom. The number of alkyl carbamates (subject to hydrolysis) is 1. The molecule has 3 fully saturated rings. The molecule has 0 spiro atoms. The number of allylic oxidation sites excluding steroid dienone is 1. The molecule has 1 aromatic carbocycles. The van der Waals surface area contributed by atoms with Crippen LogP contribution in [0.2, 0.25) is 0 Å². The van der Waals surface area contributed by atoms with E-state index in [0.717, 1.165) is 42.5 Å². The van der Waals surface area contributed by atoms with Crippen molar-refractivity contribution in [2.75, 3.05) is 6.61 Å². The molecule has 2 heterocycles. The van der Waals surface area contributed by atoms with Crippen molar-refractivity contribution in [2.24, 2.45) is 29.6 Å². The highest BCUT2D eigenvalue weighted by atomic mass is 19.1. The topological polar surface area (TPSA) is 77.5 Å². The lowest BCUT2D eigenvalue weighted by atomic mass is 9.57. The van der Waals surface area contributed by atoms with Crippen LogP contribution in [-0.2, 0) is 14.3 Å². The van der Waals surface area contributed by atoms with Gasteiger partial charge in [-0.2, -0.15) is 0 Å². The minimum Gasteiger partial charge on any atom is -0.462 e. The summed E-state index contributed by atoms with van der Waals surface area (Å²) in [4.78, 5) is 29.2. The molecule has 6 nitrogen and oxygen atoms in total. The maximum Gasteiger partial charge on any atom is 0.407 e. The van der Waals surface area contributed by atoms with Crippen LogP contribution < -0.4 is 5.32 Å². The van der Waals surface area contributed by atoms with Crippen LogP contribution in [0.3, 0.4) is 0 Å². The van der Waals surface area contributed by atoms with Crippen molar-refractivity contribution in [1.82, 2.24) is 10.3 Å². The Hall–Kier alpha value is -3.22. The number of halogens is 1. The van der Waals surface area contributed by atoms with Gasteiger partial charge in [-0.05, 0) is 87.1 Å². The van der Waals surface area contributed by atoms with Gasteiger partial charge >= 0.3 is 12.1 Å².